The van der Waals surface area contributed by atoms with E-state index < -0.39 is 10.0 Å². The highest BCUT2D eigenvalue weighted by Crippen LogP contribution is 2.28. The Kier molecular flexibility index (Phi) is 6.41. The number of anilines is 5. The van der Waals surface area contributed by atoms with Gasteiger partial charge in [-0.05, 0) is 75.4 Å². The molecule has 12 heteroatoms. The average Bonchev–Trinajstić information content (AvgIpc) is 3.15. The fourth-order valence-electron chi connectivity index (χ4n) is 4.05. The number of hydrogen-bond acceptors (Lipinski definition) is 9. The zero-order chi connectivity index (χ0) is 27.0. The second kappa shape index (κ2) is 9.71. The van der Waals surface area contributed by atoms with Gasteiger partial charge in [-0.3, -0.25) is 4.68 Å². The first-order valence-electron chi connectivity index (χ1n) is 11.8. The SMILES string of the molecule is Cc1cc(C)nc(NS(=O)(=O)c2ccc(Nc3nccc(N(C)c4ccc5c(C)n(C)nc5c4)n3)cc2)n1. The quantitative estimate of drug-likeness (QED) is 0.315. The molecule has 5 rings (SSSR count). The summed E-state index contributed by atoms with van der Waals surface area (Å²) in [7, 11) is 0.00594. The summed E-state index contributed by atoms with van der Waals surface area (Å²) in [5.74, 6) is 1.10. The molecule has 0 saturated carbocycles. The molecule has 0 radical (unpaired) electrons. The van der Waals surface area contributed by atoms with E-state index in [1.807, 2.05) is 48.8 Å². The van der Waals surface area contributed by atoms with Crippen molar-refractivity contribution in [1.29, 1.82) is 0 Å². The lowest BCUT2D eigenvalue weighted by Crippen LogP contribution is -2.15. The van der Waals surface area contributed by atoms with Crippen molar-refractivity contribution in [1.82, 2.24) is 29.7 Å². The molecule has 2 N–H and O–H groups in total. The number of aryl methyl sites for hydroxylation is 4. The first-order valence-corrected chi connectivity index (χ1v) is 13.3. The van der Waals surface area contributed by atoms with Gasteiger partial charge in [0.05, 0.1) is 10.4 Å². The summed E-state index contributed by atoms with van der Waals surface area (Å²) in [6.07, 6.45) is 1.66. The molecule has 3 aromatic heterocycles. The van der Waals surface area contributed by atoms with Crippen LogP contribution in [0.2, 0.25) is 0 Å². The molecule has 38 heavy (non-hydrogen) atoms. The minimum absolute atomic E-state index is 0.0383. The number of sulfonamides is 1. The lowest BCUT2D eigenvalue weighted by molar-refractivity contribution is 0.601. The van der Waals surface area contributed by atoms with Gasteiger partial charge in [-0.2, -0.15) is 10.1 Å². The molecule has 0 fully saturated rings. The molecule has 11 nitrogen and oxygen atoms in total. The molecule has 0 amide bonds. The van der Waals surface area contributed by atoms with Gasteiger partial charge in [0.15, 0.2) is 0 Å². The third kappa shape index (κ3) is 5.11. The number of nitrogens with one attached hydrogen (secondary N) is 2. The molecule has 0 aliphatic carbocycles. The van der Waals surface area contributed by atoms with Crippen LogP contribution in [0.4, 0.5) is 29.1 Å². The first kappa shape index (κ1) is 25.1. The molecule has 0 spiro atoms. The summed E-state index contributed by atoms with van der Waals surface area (Å²) in [5.41, 5.74) is 4.95. The van der Waals surface area contributed by atoms with Crippen LogP contribution in [-0.4, -0.2) is 45.2 Å². The number of rotatable bonds is 7. The third-order valence-corrected chi connectivity index (χ3v) is 7.46. The lowest BCUT2D eigenvalue weighted by atomic mass is 10.2. The molecule has 0 aliphatic heterocycles. The van der Waals surface area contributed by atoms with E-state index in [1.165, 1.54) is 12.1 Å². The predicted octanol–water partition coefficient (Wildman–Crippen LogP) is 4.39. The van der Waals surface area contributed by atoms with E-state index in [-0.39, 0.29) is 10.8 Å². The second-order valence-electron chi connectivity index (χ2n) is 8.94. The molecule has 0 bridgehead atoms. The van der Waals surface area contributed by atoms with Crippen LogP contribution in [-0.2, 0) is 17.1 Å². The maximum Gasteiger partial charge on any atom is 0.264 e. The summed E-state index contributed by atoms with van der Waals surface area (Å²) in [6.45, 7) is 5.60. The van der Waals surface area contributed by atoms with Crippen molar-refractivity contribution in [3.63, 3.8) is 0 Å². The van der Waals surface area contributed by atoms with Crippen molar-refractivity contribution in [2.75, 3.05) is 22.0 Å². The predicted molar refractivity (Wildman–Crippen MR) is 148 cm³/mol. The largest absolute Gasteiger partial charge is 0.329 e. The van der Waals surface area contributed by atoms with E-state index in [4.69, 9.17) is 0 Å². The second-order valence-corrected chi connectivity index (χ2v) is 10.6. The topological polar surface area (TPSA) is 131 Å². The van der Waals surface area contributed by atoms with Gasteiger partial charge in [0, 0.05) is 54.1 Å². The van der Waals surface area contributed by atoms with Gasteiger partial charge in [0.25, 0.3) is 10.0 Å². The molecule has 0 aliphatic rings. The zero-order valence-electron chi connectivity index (χ0n) is 21.6. The molecule has 0 atom stereocenters. The molecule has 3 heterocycles. The number of hydrogen-bond donors (Lipinski definition) is 2. The van der Waals surface area contributed by atoms with Crippen LogP contribution in [0.3, 0.4) is 0 Å². The Balaban J connectivity index is 1.32. The molecule has 2 aromatic carbocycles. The van der Waals surface area contributed by atoms with Gasteiger partial charge in [-0.25, -0.2) is 28.1 Å². The Hall–Kier alpha value is -4.58. The van der Waals surface area contributed by atoms with E-state index in [1.54, 1.807) is 38.2 Å². The van der Waals surface area contributed by atoms with Gasteiger partial charge in [0.1, 0.15) is 5.82 Å². The van der Waals surface area contributed by atoms with Crippen LogP contribution in [0.1, 0.15) is 17.1 Å². The summed E-state index contributed by atoms with van der Waals surface area (Å²) >= 11 is 0. The molecule has 5 aromatic rings. The van der Waals surface area contributed by atoms with Crippen molar-refractivity contribution in [2.24, 2.45) is 7.05 Å². The Bertz CT molecular complexity index is 1730. The summed E-state index contributed by atoms with van der Waals surface area (Å²) in [4.78, 5) is 19.3. The van der Waals surface area contributed by atoms with Crippen molar-refractivity contribution < 1.29 is 8.42 Å². The molecule has 0 saturated heterocycles. The lowest BCUT2D eigenvalue weighted by Gasteiger charge is -2.19. The summed E-state index contributed by atoms with van der Waals surface area (Å²) in [6, 6.07) is 16.0. The van der Waals surface area contributed by atoms with E-state index in [0.717, 1.165) is 22.3 Å². The fraction of sp³-hybridized carbons (Fsp3) is 0.192. The van der Waals surface area contributed by atoms with Gasteiger partial charge in [-0.1, -0.05) is 0 Å². The fourth-order valence-corrected chi connectivity index (χ4v) is 5.00. The zero-order valence-corrected chi connectivity index (χ0v) is 22.4. The number of fused-ring (bicyclic) bond motifs is 1. The molecule has 194 valence electrons. The van der Waals surface area contributed by atoms with Crippen molar-refractivity contribution in [3.05, 3.63) is 77.9 Å². The molecular weight excluding hydrogens is 502 g/mol. The normalized spacial score (nSPS) is 11.5. The van der Waals surface area contributed by atoms with Crippen LogP contribution < -0.4 is 14.9 Å². The van der Waals surface area contributed by atoms with Gasteiger partial charge >= 0.3 is 0 Å². The van der Waals surface area contributed by atoms with Crippen LogP contribution in [0.25, 0.3) is 10.9 Å². The Morgan fingerprint density at radius 1 is 0.868 bits per heavy atom. The van der Waals surface area contributed by atoms with Crippen LogP contribution in [0, 0.1) is 20.8 Å². The molecular formula is C26H27N9O2S. The summed E-state index contributed by atoms with van der Waals surface area (Å²) in [5, 5.41) is 8.81. The number of aromatic nitrogens is 6. The highest BCUT2D eigenvalue weighted by atomic mass is 32.2. The summed E-state index contributed by atoms with van der Waals surface area (Å²) < 4.78 is 29.9. The minimum atomic E-state index is -3.85. The Morgan fingerprint density at radius 2 is 1.58 bits per heavy atom. The van der Waals surface area contributed by atoms with E-state index >= 15 is 0 Å². The Labute approximate surface area is 220 Å². The molecule has 0 unspecified atom stereocenters. The Morgan fingerprint density at radius 3 is 2.29 bits per heavy atom. The van der Waals surface area contributed by atoms with Crippen molar-refractivity contribution in [3.8, 4) is 0 Å². The van der Waals surface area contributed by atoms with Gasteiger partial charge in [-0.15, -0.1) is 0 Å². The maximum atomic E-state index is 12.8. The highest BCUT2D eigenvalue weighted by molar-refractivity contribution is 7.92. The number of benzene rings is 2. The third-order valence-electron chi connectivity index (χ3n) is 6.11. The van der Waals surface area contributed by atoms with E-state index in [0.29, 0.717) is 28.8 Å². The van der Waals surface area contributed by atoms with E-state index in [9.17, 15) is 8.42 Å². The minimum Gasteiger partial charge on any atom is -0.329 e. The van der Waals surface area contributed by atoms with Crippen molar-refractivity contribution >= 4 is 50.0 Å². The smallest absolute Gasteiger partial charge is 0.264 e. The maximum absolute atomic E-state index is 12.8. The highest BCUT2D eigenvalue weighted by Gasteiger charge is 2.17. The average molecular weight is 530 g/mol. The van der Waals surface area contributed by atoms with E-state index in [2.05, 4.69) is 41.1 Å². The van der Waals surface area contributed by atoms with Crippen LogP contribution in [0.15, 0.2) is 65.7 Å². The van der Waals surface area contributed by atoms with Gasteiger partial charge in [0.2, 0.25) is 11.9 Å². The van der Waals surface area contributed by atoms with Crippen LogP contribution in [0.5, 0.6) is 0 Å². The monoisotopic (exact) mass is 529 g/mol. The standard InChI is InChI=1S/C26H27N9O2S/c1-16-14-17(2)29-26(28-16)33-38(36,37)21-9-6-19(7-10-21)30-25-27-13-12-24(31-25)34(4)20-8-11-22-18(3)35(5)32-23(22)15-20/h6-15H,1-5H3,(H,27,30,31)(H,28,29,33). The first-order chi connectivity index (χ1) is 18.1. The van der Waals surface area contributed by atoms with Crippen LogP contribution >= 0.6 is 0 Å². The number of nitrogens with zero attached hydrogens (tertiary/aromatic N) is 7. The van der Waals surface area contributed by atoms with Gasteiger partial charge < -0.3 is 10.2 Å². The van der Waals surface area contributed by atoms with Crippen molar-refractivity contribution in [2.45, 2.75) is 25.7 Å².